The highest BCUT2D eigenvalue weighted by Gasteiger charge is 2.23. The minimum atomic E-state index is 0.573. The van der Waals surface area contributed by atoms with E-state index in [-0.39, 0.29) is 0 Å². The summed E-state index contributed by atoms with van der Waals surface area (Å²) in [4.78, 5) is 10.8. The lowest BCUT2D eigenvalue weighted by Crippen LogP contribution is -2.35. The Balaban J connectivity index is 1.33. The third kappa shape index (κ3) is 3.13. The monoisotopic (exact) mass is 309 g/mol. The van der Waals surface area contributed by atoms with Crippen LogP contribution in [0.25, 0.3) is 11.1 Å². The number of pyridine rings is 1. The number of anilines is 1. The maximum atomic E-state index is 5.85. The van der Waals surface area contributed by atoms with Crippen molar-refractivity contribution in [3.05, 3.63) is 48.8 Å². The molecule has 23 heavy (non-hydrogen) atoms. The van der Waals surface area contributed by atoms with Crippen LogP contribution in [0.15, 0.2) is 53.2 Å². The van der Waals surface area contributed by atoms with Gasteiger partial charge in [-0.15, -0.1) is 0 Å². The first-order chi connectivity index (χ1) is 11.4. The number of ether oxygens (including phenoxy) is 1. The molecule has 0 saturated carbocycles. The van der Waals surface area contributed by atoms with E-state index in [1.54, 1.807) is 12.4 Å². The number of nitrogens with zero attached hydrogens (tertiary/aromatic N) is 3. The van der Waals surface area contributed by atoms with Gasteiger partial charge in [-0.05, 0) is 43.0 Å². The number of hydrogen-bond donors (Lipinski definition) is 0. The number of para-hydroxylation sites is 2. The number of piperidine rings is 1. The third-order valence-electron chi connectivity index (χ3n) is 4.30. The van der Waals surface area contributed by atoms with E-state index in [2.05, 4.69) is 14.9 Å². The Hall–Kier alpha value is -2.56. The fourth-order valence-electron chi connectivity index (χ4n) is 2.93. The largest absolute Gasteiger partial charge is 0.493 e. The molecule has 0 aliphatic carbocycles. The van der Waals surface area contributed by atoms with Gasteiger partial charge in [-0.1, -0.05) is 12.1 Å². The van der Waals surface area contributed by atoms with Crippen molar-refractivity contribution < 1.29 is 9.15 Å². The van der Waals surface area contributed by atoms with Gasteiger partial charge in [0.15, 0.2) is 5.58 Å². The van der Waals surface area contributed by atoms with Crippen LogP contribution in [0, 0.1) is 5.92 Å². The molecule has 1 fully saturated rings. The summed E-state index contributed by atoms with van der Waals surface area (Å²) in [6.45, 7) is 2.67. The van der Waals surface area contributed by atoms with Gasteiger partial charge in [-0.3, -0.25) is 4.98 Å². The normalized spacial score (nSPS) is 15.9. The highest BCUT2D eigenvalue weighted by molar-refractivity contribution is 5.74. The molecule has 0 N–H and O–H groups in total. The number of fused-ring (bicyclic) bond motifs is 1. The molecule has 118 valence electrons. The molecule has 5 nitrogen and oxygen atoms in total. The van der Waals surface area contributed by atoms with Gasteiger partial charge in [0, 0.05) is 25.5 Å². The van der Waals surface area contributed by atoms with Gasteiger partial charge in [0.25, 0.3) is 6.01 Å². The van der Waals surface area contributed by atoms with Crippen LogP contribution in [0.5, 0.6) is 5.75 Å². The summed E-state index contributed by atoms with van der Waals surface area (Å²) in [5.74, 6) is 1.46. The highest BCUT2D eigenvalue weighted by Crippen LogP contribution is 2.26. The average molecular weight is 309 g/mol. The highest BCUT2D eigenvalue weighted by atomic mass is 16.5. The Bertz CT molecular complexity index is 731. The van der Waals surface area contributed by atoms with E-state index in [1.165, 1.54) is 0 Å². The molecule has 1 saturated heterocycles. The van der Waals surface area contributed by atoms with Crippen LogP contribution in [0.3, 0.4) is 0 Å². The SMILES string of the molecule is c1ccc2oc(N3CCC(COc4ccncc4)CC3)nc2c1. The topological polar surface area (TPSA) is 51.4 Å². The summed E-state index contributed by atoms with van der Waals surface area (Å²) in [6.07, 6.45) is 5.68. The molecular formula is C18H19N3O2. The lowest BCUT2D eigenvalue weighted by Gasteiger charge is -2.30. The predicted octanol–water partition coefficient (Wildman–Crippen LogP) is 3.52. The smallest absolute Gasteiger partial charge is 0.298 e. The maximum absolute atomic E-state index is 5.85. The summed E-state index contributed by atoms with van der Waals surface area (Å²) in [6, 6.07) is 12.4. The zero-order valence-electron chi connectivity index (χ0n) is 12.9. The second kappa shape index (κ2) is 6.28. The zero-order chi connectivity index (χ0) is 15.5. The Kier molecular flexibility index (Phi) is 3.84. The Morgan fingerprint density at radius 2 is 1.87 bits per heavy atom. The van der Waals surface area contributed by atoms with Crippen LogP contribution in [0.4, 0.5) is 6.01 Å². The quantitative estimate of drug-likeness (QED) is 0.738. The van der Waals surface area contributed by atoms with Crippen LogP contribution in [-0.2, 0) is 0 Å². The molecule has 0 amide bonds. The summed E-state index contributed by atoms with van der Waals surface area (Å²) in [5.41, 5.74) is 1.77. The van der Waals surface area contributed by atoms with E-state index in [0.29, 0.717) is 5.92 Å². The van der Waals surface area contributed by atoms with E-state index in [1.807, 2.05) is 36.4 Å². The summed E-state index contributed by atoms with van der Waals surface area (Å²) in [7, 11) is 0. The fraction of sp³-hybridized carbons (Fsp3) is 0.333. The Morgan fingerprint density at radius 3 is 2.65 bits per heavy atom. The summed E-state index contributed by atoms with van der Waals surface area (Å²) >= 11 is 0. The minimum absolute atomic E-state index is 0.573. The van der Waals surface area contributed by atoms with Crippen molar-refractivity contribution in [1.82, 2.24) is 9.97 Å². The first-order valence-electron chi connectivity index (χ1n) is 8.02. The molecule has 0 spiro atoms. The maximum Gasteiger partial charge on any atom is 0.298 e. The molecule has 0 unspecified atom stereocenters. The van der Waals surface area contributed by atoms with Crippen molar-refractivity contribution in [2.24, 2.45) is 5.92 Å². The summed E-state index contributed by atoms with van der Waals surface area (Å²) < 4.78 is 11.7. The molecule has 1 aliphatic heterocycles. The van der Waals surface area contributed by atoms with Gasteiger partial charge in [0.05, 0.1) is 6.61 Å². The second-order valence-electron chi connectivity index (χ2n) is 5.89. The van der Waals surface area contributed by atoms with Crippen molar-refractivity contribution in [2.45, 2.75) is 12.8 Å². The molecule has 3 aromatic rings. The molecular weight excluding hydrogens is 290 g/mol. The average Bonchev–Trinajstić information content (AvgIpc) is 3.05. The van der Waals surface area contributed by atoms with Gasteiger partial charge in [-0.2, -0.15) is 4.98 Å². The molecule has 3 heterocycles. The van der Waals surface area contributed by atoms with Crippen molar-refractivity contribution in [2.75, 3.05) is 24.6 Å². The molecule has 0 bridgehead atoms. The number of hydrogen-bond acceptors (Lipinski definition) is 5. The van der Waals surface area contributed by atoms with Crippen LogP contribution in [0.1, 0.15) is 12.8 Å². The molecule has 0 radical (unpaired) electrons. The number of oxazole rings is 1. The van der Waals surface area contributed by atoms with Gasteiger partial charge < -0.3 is 14.1 Å². The minimum Gasteiger partial charge on any atom is -0.493 e. The lowest BCUT2D eigenvalue weighted by atomic mass is 9.98. The molecule has 1 aromatic carbocycles. The van der Waals surface area contributed by atoms with Gasteiger partial charge in [0.1, 0.15) is 11.3 Å². The number of rotatable bonds is 4. The standard InChI is InChI=1S/C18H19N3O2/c1-2-4-17-16(3-1)20-18(23-17)21-11-7-14(8-12-21)13-22-15-5-9-19-10-6-15/h1-6,9-10,14H,7-8,11-13H2. The Labute approximate surface area is 134 Å². The van der Waals surface area contributed by atoms with E-state index in [0.717, 1.165) is 55.4 Å². The summed E-state index contributed by atoms with van der Waals surface area (Å²) in [5, 5.41) is 0. The second-order valence-corrected chi connectivity index (χ2v) is 5.89. The van der Waals surface area contributed by atoms with Gasteiger partial charge in [0.2, 0.25) is 0 Å². The van der Waals surface area contributed by atoms with Gasteiger partial charge >= 0.3 is 0 Å². The van der Waals surface area contributed by atoms with Crippen molar-refractivity contribution in [3.8, 4) is 5.75 Å². The van der Waals surface area contributed by atoms with E-state index >= 15 is 0 Å². The van der Waals surface area contributed by atoms with E-state index < -0.39 is 0 Å². The molecule has 1 aliphatic rings. The van der Waals surface area contributed by atoms with Crippen LogP contribution < -0.4 is 9.64 Å². The molecule has 4 rings (SSSR count). The molecule has 0 atom stereocenters. The van der Waals surface area contributed by atoms with Crippen LogP contribution in [0.2, 0.25) is 0 Å². The van der Waals surface area contributed by atoms with Crippen LogP contribution >= 0.6 is 0 Å². The lowest BCUT2D eigenvalue weighted by molar-refractivity contribution is 0.221. The zero-order valence-corrected chi connectivity index (χ0v) is 12.9. The first-order valence-corrected chi connectivity index (χ1v) is 8.02. The van der Waals surface area contributed by atoms with Gasteiger partial charge in [-0.25, -0.2) is 0 Å². The third-order valence-corrected chi connectivity index (χ3v) is 4.30. The first kappa shape index (κ1) is 14.1. The van der Waals surface area contributed by atoms with E-state index in [4.69, 9.17) is 9.15 Å². The van der Waals surface area contributed by atoms with Crippen LogP contribution in [-0.4, -0.2) is 29.7 Å². The number of aromatic nitrogens is 2. The van der Waals surface area contributed by atoms with Crippen molar-refractivity contribution in [3.63, 3.8) is 0 Å². The number of benzene rings is 1. The van der Waals surface area contributed by atoms with Crippen molar-refractivity contribution in [1.29, 1.82) is 0 Å². The fourth-order valence-corrected chi connectivity index (χ4v) is 2.93. The molecule has 5 heteroatoms. The molecule has 2 aromatic heterocycles. The van der Waals surface area contributed by atoms with Crippen molar-refractivity contribution >= 4 is 17.1 Å². The predicted molar refractivity (Wildman–Crippen MR) is 88.7 cm³/mol. The van der Waals surface area contributed by atoms with E-state index in [9.17, 15) is 0 Å². The Morgan fingerprint density at radius 1 is 1.09 bits per heavy atom.